The highest BCUT2D eigenvalue weighted by atomic mass is 14.4. The van der Waals surface area contributed by atoms with Crippen molar-refractivity contribution < 1.29 is 0 Å². The van der Waals surface area contributed by atoms with Crippen LogP contribution in [0.2, 0.25) is 0 Å². The summed E-state index contributed by atoms with van der Waals surface area (Å²) in [6.45, 7) is 38.0. The van der Waals surface area contributed by atoms with E-state index in [0.717, 1.165) is 6.42 Å². The molecule has 0 spiro atoms. The fourth-order valence-electron chi connectivity index (χ4n) is 5.58. The van der Waals surface area contributed by atoms with Gasteiger partial charge in [-0.2, -0.15) is 0 Å². The van der Waals surface area contributed by atoms with Crippen LogP contribution in [0.4, 0.5) is 0 Å². The Hall–Kier alpha value is -1.56. The SMILES string of the molecule is CC(Cc1c(C(C)(C)C)ccc(C(C)(C)C)c1C(C)(C)C)c1cc(C(C)(C)C)ccc1C(C)(C)C. The Bertz CT molecular complexity index is 1030. The third-order valence-electron chi connectivity index (χ3n) is 7.45. The fraction of sp³-hybridized carbons (Fsp3) is 0.657. The average Bonchev–Trinajstić information content (AvgIpc) is 2.63. The molecule has 196 valence electrons. The molecule has 0 heteroatoms. The van der Waals surface area contributed by atoms with Gasteiger partial charge in [-0.3, -0.25) is 0 Å². The van der Waals surface area contributed by atoms with E-state index in [0.29, 0.717) is 5.92 Å². The lowest BCUT2D eigenvalue weighted by molar-refractivity contribution is 0.508. The van der Waals surface area contributed by atoms with E-state index in [2.05, 4.69) is 141 Å². The molecular weight excluding hydrogens is 420 g/mol. The van der Waals surface area contributed by atoms with Gasteiger partial charge in [0, 0.05) is 0 Å². The van der Waals surface area contributed by atoms with E-state index in [1.54, 1.807) is 11.1 Å². The van der Waals surface area contributed by atoms with Crippen molar-refractivity contribution in [3.63, 3.8) is 0 Å². The first-order valence-corrected chi connectivity index (χ1v) is 13.8. The summed E-state index contributed by atoms with van der Waals surface area (Å²) >= 11 is 0. The normalized spacial score (nSPS) is 14.9. The van der Waals surface area contributed by atoms with Gasteiger partial charge in [-0.25, -0.2) is 0 Å². The summed E-state index contributed by atoms with van der Waals surface area (Å²) in [6, 6.07) is 12.2. The topological polar surface area (TPSA) is 0 Å². The molecule has 35 heavy (non-hydrogen) atoms. The molecule has 0 aliphatic rings. The summed E-state index contributed by atoms with van der Waals surface area (Å²) in [5, 5.41) is 0. The van der Waals surface area contributed by atoms with Crippen molar-refractivity contribution in [1.29, 1.82) is 0 Å². The van der Waals surface area contributed by atoms with Crippen LogP contribution in [0.1, 0.15) is 156 Å². The maximum Gasteiger partial charge on any atom is -0.0126 e. The second-order valence-electron chi connectivity index (χ2n) is 16.2. The molecule has 0 nitrogen and oxygen atoms in total. The van der Waals surface area contributed by atoms with Gasteiger partial charge >= 0.3 is 0 Å². The molecule has 0 amide bonds. The lowest BCUT2D eigenvalue weighted by Gasteiger charge is -2.37. The van der Waals surface area contributed by atoms with Crippen molar-refractivity contribution in [3.8, 4) is 0 Å². The molecule has 0 aromatic heterocycles. The second kappa shape index (κ2) is 9.39. The Labute approximate surface area is 219 Å². The largest absolute Gasteiger partial charge is 0.0582 e. The molecule has 2 aromatic rings. The molecule has 0 saturated heterocycles. The monoisotopic (exact) mass is 476 g/mol. The lowest BCUT2D eigenvalue weighted by Crippen LogP contribution is -2.28. The summed E-state index contributed by atoms with van der Waals surface area (Å²) < 4.78 is 0. The van der Waals surface area contributed by atoms with E-state index in [1.807, 2.05) is 0 Å². The zero-order chi connectivity index (χ0) is 27.4. The predicted molar refractivity (Wildman–Crippen MR) is 159 cm³/mol. The molecule has 2 aromatic carbocycles. The zero-order valence-corrected chi connectivity index (χ0v) is 26.2. The third kappa shape index (κ3) is 6.81. The molecule has 0 heterocycles. The lowest BCUT2D eigenvalue weighted by atomic mass is 9.67. The summed E-state index contributed by atoms with van der Waals surface area (Å²) in [6.07, 6.45) is 1.07. The Balaban J connectivity index is 2.86. The van der Waals surface area contributed by atoms with E-state index in [-0.39, 0.29) is 27.1 Å². The van der Waals surface area contributed by atoms with Crippen LogP contribution >= 0.6 is 0 Å². The van der Waals surface area contributed by atoms with Gasteiger partial charge < -0.3 is 0 Å². The smallest absolute Gasteiger partial charge is 0.0126 e. The molecule has 0 saturated carbocycles. The van der Waals surface area contributed by atoms with Gasteiger partial charge in [0.15, 0.2) is 0 Å². The minimum absolute atomic E-state index is 0.0824. The zero-order valence-electron chi connectivity index (χ0n) is 26.2. The minimum Gasteiger partial charge on any atom is -0.0582 e. The van der Waals surface area contributed by atoms with Crippen LogP contribution in [-0.4, -0.2) is 0 Å². The number of rotatable bonds is 3. The van der Waals surface area contributed by atoms with E-state index >= 15 is 0 Å². The van der Waals surface area contributed by atoms with Crippen molar-refractivity contribution >= 4 is 0 Å². The Morgan fingerprint density at radius 1 is 0.514 bits per heavy atom. The molecule has 0 N–H and O–H groups in total. The van der Waals surface area contributed by atoms with Crippen LogP contribution in [-0.2, 0) is 33.5 Å². The molecule has 1 unspecified atom stereocenters. The first-order chi connectivity index (χ1) is 15.5. The number of hydrogen-bond donors (Lipinski definition) is 0. The van der Waals surface area contributed by atoms with Crippen LogP contribution in [0, 0.1) is 0 Å². The van der Waals surface area contributed by atoms with Gasteiger partial charge in [0.1, 0.15) is 0 Å². The Morgan fingerprint density at radius 3 is 1.34 bits per heavy atom. The summed E-state index contributed by atoms with van der Waals surface area (Å²) in [5.74, 6) is 0.434. The molecule has 0 aliphatic heterocycles. The standard InChI is InChI=1S/C35H56/c1-23(25-22-24(31(2,3)4)17-18-27(25)32(5,6)7)21-26-28(33(8,9)10)19-20-29(34(11,12)13)30(26)35(14,15)16/h17-20,22-23H,21H2,1-16H3. The van der Waals surface area contributed by atoms with E-state index in [4.69, 9.17) is 0 Å². The van der Waals surface area contributed by atoms with Crippen LogP contribution in [0.5, 0.6) is 0 Å². The van der Waals surface area contributed by atoms with E-state index in [9.17, 15) is 0 Å². The molecule has 0 aliphatic carbocycles. The molecular formula is C35H56. The maximum absolute atomic E-state index is 2.52. The summed E-state index contributed by atoms with van der Waals surface area (Å²) in [4.78, 5) is 0. The highest BCUT2D eigenvalue weighted by Crippen LogP contribution is 2.43. The van der Waals surface area contributed by atoms with E-state index in [1.165, 1.54) is 27.8 Å². The molecule has 2 rings (SSSR count). The quantitative estimate of drug-likeness (QED) is 0.413. The number of benzene rings is 2. The van der Waals surface area contributed by atoms with Gasteiger partial charge in [-0.05, 0) is 78.4 Å². The van der Waals surface area contributed by atoms with Gasteiger partial charge in [0.05, 0.1) is 0 Å². The van der Waals surface area contributed by atoms with Gasteiger partial charge in [0.25, 0.3) is 0 Å². The maximum atomic E-state index is 2.52. The first kappa shape index (κ1) is 29.7. The predicted octanol–water partition coefficient (Wildman–Crippen LogP) is 10.5. The van der Waals surface area contributed by atoms with Crippen molar-refractivity contribution in [2.75, 3.05) is 0 Å². The van der Waals surface area contributed by atoms with Crippen molar-refractivity contribution in [3.05, 3.63) is 69.3 Å². The third-order valence-corrected chi connectivity index (χ3v) is 7.45. The number of hydrogen-bond acceptors (Lipinski definition) is 0. The first-order valence-electron chi connectivity index (χ1n) is 13.8. The Morgan fingerprint density at radius 2 is 0.943 bits per heavy atom. The fourth-order valence-corrected chi connectivity index (χ4v) is 5.58. The van der Waals surface area contributed by atoms with Crippen LogP contribution < -0.4 is 0 Å². The highest BCUT2D eigenvalue weighted by molar-refractivity contribution is 5.51. The van der Waals surface area contributed by atoms with Crippen LogP contribution in [0.3, 0.4) is 0 Å². The highest BCUT2D eigenvalue weighted by Gasteiger charge is 2.33. The minimum atomic E-state index is 0.0824. The second-order valence-corrected chi connectivity index (χ2v) is 16.2. The summed E-state index contributed by atoms with van der Waals surface area (Å²) in [7, 11) is 0. The van der Waals surface area contributed by atoms with Crippen molar-refractivity contribution in [2.24, 2.45) is 0 Å². The molecule has 0 fully saturated rings. The van der Waals surface area contributed by atoms with Crippen molar-refractivity contribution in [1.82, 2.24) is 0 Å². The average molecular weight is 477 g/mol. The summed E-state index contributed by atoms with van der Waals surface area (Å²) in [5.41, 5.74) is 11.1. The van der Waals surface area contributed by atoms with Crippen molar-refractivity contribution in [2.45, 2.75) is 150 Å². The van der Waals surface area contributed by atoms with E-state index < -0.39 is 0 Å². The van der Waals surface area contributed by atoms with Gasteiger partial charge in [-0.15, -0.1) is 0 Å². The molecule has 0 radical (unpaired) electrons. The Kier molecular flexibility index (Phi) is 7.96. The molecule has 1 atom stereocenters. The van der Waals surface area contributed by atoms with Crippen LogP contribution in [0.25, 0.3) is 0 Å². The van der Waals surface area contributed by atoms with Gasteiger partial charge in [-0.1, -0.05) is 141 Å². The van der Waals surface area contributed by atoms with Gasteiger partial charge in [0.2, 0.25) is 0 Å². The van der Waals surface area contributed by atoms with Crippen LogP contribution in [0.15, 0.2) is 30.3 Å². The molecule has 0 bridgehead atoms.